The number of methoxy groups -OCH3 is 1. The number of rotatable bonds is 3. The van der Waals surface area contributed by atoms with Crippen molar-refractivity contribution >= 4 is 6.09 Å². The molecule has 1 saturated carbocycles. The van der Waals surface area contributed by atoms with E-state index in [0.717, 1.165) is 19.4 Å². The molecule has 0 bridgehead atoms. The number of nitrogens with zero attached hydrogens (tertiary/aromatic N) is 1. The Labute approximate surface area is 73.7 Å². The number of amides is 1. The number of carbonyl (C=O) groups is 1. The Morgan fingerprint density at radius 1 is 1.58 bits per heavy atom. The molecule has 0 N–H and O–H groups in total. The minimum atomic E-state index is -0.175. The Kier molecular flexibility index (Phi) is 2.95. The van der Waals surface area contributed by atoms with Gasteiger partial charge in [0.05, 0.1) is 7.11 Å². The molecular formula is C9H17NO2. The molecule has 0 aromatic carbocycles. The fourth-order valence-corrected chi connectivity index (χ4v) is 1.27. The topological polar surface area (TPSA) is 29.5 Å². The van der Waals surface area contributed by atoms with Gasteiger partial charge in [0.15, 0.2) is 0 Å². The summed E-state index contributed by atoms with van der Waals surface area (Å²) >= 11 is 0. The van der Waals surface area contributed by atoms with Crippen LogP contribution in [0.2, 0.25) is 0 Å². The molecule has 0 atom stereocenters. The van der Waals surface area contributed by atoms with Crippen LogP contribution in [0.15, 0.2) is 0 Å². The van der Waals surface area contributed by atoms with Gasteiger partial charge in [0, 0.05) is 12.6 Å². The Bertz CT molecular complexity index is 164. The molecule has 0 saturated heterocycles. The number of hydrogen-bond donors (Lipinski definition) is 0. The summed E-state index contributed by atoms with van der Waals surface area (Å²) in [5.41, 5.74) is 0. The number of hydrogen-bond acceptors (Lipinski definition) is 2. The van der Waals surface area contributed by atoms with E-state index in [1.54, 1.807) is 0 Å². The van der Waals surface area contributed by atoms with Gasteiger partial charge in [-0.3, -0.25) is 0 Å². The molecule has 1 amide bonds. The molecule has 1 fully saturated rings. The second kappa shape index (κ2) is 3.78. The Morgan fingerprint density at radius 2 is 2.17 bits per heavy atom. The van der Waals surface area contributed by atoms with Crippen LogP contribution in [0.5, 0.6) is 0 Å². The average molecular weight is 171 g/mol. The van der Waals surface area contributed by atoms with E-state index in [9.17, 15) is 4.79 Å². The normalized spacial score (nSPS) is 16.3. The second-order valence-electron chi connectivity index (χ2n) is 3.75. The van der Waals surface area contributed by atoms with Gasteiger partial charge in [0.25, 0.3) is 0 Å². The minimum Gasteiger partial charge on any atom is -0.453 e. The molecule has 3 heteroatoms. The van der Waals surface area contributed by atoms with Gasteiger partial charge in [-0.2, -0.15) is 0 Å². The molecule has 0 radical (unpaired) electrons. The highest BCUT2D eigenvalue weighted by atomic mass is 16.5. The highest BCUT2D eigenvalue weighted by Crippen LogP contribution is 2.27. The fraction of sp³-hybridized carbons (Fsp3) is 0.889. The van der Waals surface area contributed by atoms with E-state index in [2.05, 4.69) is 13.8 Å². The molecule has 0 aromatic heterocycles. The zero-order valence-corrected chi connectivity index (χ0v) is 8.04. The first-order chi connectivity index (χ1) is 5.65. The number of carbonyl (C=O) groups excluding carboxylic acids is 1. The van der Waals surface area contributed by atoms with Crippen LogP contribution < -0.4 is 0 Å². The first kappa shape index (κ1) is 9.36. The third-order valence-electron chi connectivity index (χ3n) is 1.96. The van der Waals surface area contributed by atoms with Crippen LogP contribution in [0.4, 0.5) is 4.79 Å². The maximum Gasteiger partial charge on any atom is 0.409 e. The molecule has 70 valence electrons. The molecule has 0 heterocycles. The predicted octanol–water partition coefficient (Wildman–Crippen LogP) is 1.87. The van der Waals surface area contributed by atoms with E-state index in [1.165, 1.54) is 7.11 Å². The maximum atomic E-state index is 11.2. The van der Waals surface area contributed by atoms with Gasteiger partial charge in [-0.15, -0.1) is 0 Å². The van der Waals surface area contributed by atoms with Crippen LogP contribution in [0.3, 0.4) is 0 Å². The van der Waals surface area contributed by atoms with Gasteiger partial charge in [-0.1, -0.05) is 13.8 Å². The van der Waals surface area contributed by atoms with Crippen molar-refractivity contribution in [2.45, 2.75) is 32.7 Å². The van der Waals surface area contributed by atoms with Gasteiger partial charge in [-0.25, -0.2) is 4.79 Å². The molecule has 12 heavy (non-hydrogen) atoms. The SMILES string of the molecule is COC(=O)N(CC(C)C)C1CC1. The lowest BCUT2D eigenvalue weighted by Gasteiger charge is -2.22. The van der Waals surface area contributed by atoms with E-state index < -0.39 is 0 Å². The van der Waals surface area contributed by atoms with Crippen LogP contribution in [0.1, 0.15) is 26.7 Å². The Morgan fingerprint density at radius 3 is 2.50 bits per heavy atom. The number of ether oxygens (including phenoxy) is 1. The van der Waals surface area contributed by atoms with Gasteiger partial charge < -0.3 is 9.64 Å². The van der Waals surface area contributed by atoms with Crippen molar-refractivity contribution in [3.63, 3.8) is 0 Å². The quantitative estimate of drug-likeness (QED) is 0.648. The summed E-state index contributed by atoms with van der Waals surface area (Å²) in [5, 5.41) is 0. The molecule has 0 spiro atoms. The van der Waals surface area contributed by atoms with Crippen molar-refractivity contribution in [2.75, 3.05) is 13.7 Å². The molecular weight excluding hydrogens is 154 g/mol. The fourth-order valence-electron chi connectivity index (χ4n) is 1.27. The minimum absolute atomic E-state index is 0.175. The van der Waals surface area contributed by atoms with E-state index in [1.807, 2.05) is 4.90 Å². The van der Waals surface area contributed by atoms with Crippen LogP contribution >= 0.6 is 0 Å². The zero-order chi connectivity index (χ0) is 9.14. The van der Waals surface area contributed by atoms with Gasteiger partial charge in [-0.05, 0) is 18.8 Å². The smallest absolute Gasteiger partial charge is 0.409 e. The standard InChI is InChI=1S/C9H17NO2/c1-7(2)6-10(8-4-5-8)9(11)12-3/h7-8H,4-6H2,1-3H3. The largest absolute Gasteiger partial charge is 0.453 e. The third kappa shape index (κ3) is 2.40. The monoisotopic (exact) mass is 171 g/mol. The summed E-state index contributed by atoms with van der Waals surface area (Å²) < 4.78 is 4.70. The van der Waals surface area contributed by atoms with Crippen LogP contribution in [-0.4, -0.2) is 30.7 Å². The first-order valence-corrected chi connectivity index (χ1v) is 4.49. The molecule has 3 nitrogen and oxygen atoms in total. The lowest BCUT2D eigenvalue weighted by atomic mass is 10.2. The summed E-state index contributed by atoms with van der Waals surface area (Å²) in [4.78, 5) is 13.1. The van der Waals surface area contributed by atoms with Crippen molar-refractivity contribution in [1.29, 1.82) is 0 Å². The van der Waals surface area contributed by atoms with Gasteiger partial charge in [0.1, 0.15) is 0 Å². The summed E-state index contributed by atoms with van der Waals surface area (Å²) in [7, 11) is 1.44. The van der Waals surface area contributed by atoms with E-state index >= 15 is 0 Å². The lowest BCUT2D eigenvalue weighted by Crippen LogP contribution is -2.35. The first-order valence-electron chi connectivity index (χ1n) is 4.49. The summed E-state index contributed by atoms with van der Waals surface area (Å²) in [5.74, 6) is 0.518. The molecule has 1 rings (SSSR count). The van der Waals surface area contributed by atoms with Crippen LogP contribution in [0.25, 0.3) is 0 Å². The molecule has 0 aliphatic heterocycles. The summed E-state index contributed by atoms with van der Waals surface area (Å²) in [6.45, 7) is 5.04. The van der Waals surface area contributed by atoms with E-state index in [4.69, 9.17) is 4.74 Å². The van der Waals surface area contributed by atoms with Crippen LogP contribution in [-0.2, 0) is 4.74 Å². The van der Waals surface area contributed by atoms with Crippen molar-refractivity contribution in [3.8, 4) is 0 Å². The van der Waals surface area contributed by atoms with Crippen molar-refractivity contribution in [2.24, 2.45) is 5.92 Å². The highest BCUT2D eigenvalue weighted by Gasteiger charge is 2.33. The Balaban J connectivity index is 2.42. The molecule has 0 unspecified atom stereocenters. The zero-order valence-electron chi connectivity index (χ0n) is 8.04. The molecule has 1 aliphatic carbocycles. The third-order valence-corrected chi connectivity index (χ3v) is 1.96. The molecule has 1 aliphatic rings. The maximum absolute atomic E-state index is 11.2. The van der Waals surface area contributed by atoms with E-state index in [-0.39, 0.29) is 6.09 Å². The van der Waals surface area contributed by atoms with Crippen molar-refractivity contribution in [3.05, 3.63) is 0 Å². The average Bonchev–Trinajstić information content (AvgIpc) is 2.81. The van der Waals surface area contributed by atoms with Crippen molar-refractivity contribution < 1.29 is 9.53 Å². The molecule has 0 aromatic rings. The van der Waals surface area contributed by atoms with Gasteiger partial charge in [0.2, 0.25) is 0 Å². The lowest BCUT2D eigenvalue weighted by molar-refractivity contribution is 0.115. The Hall–Kier alpha value is -0.730. The van der Waals surface area contributed by atoms with Gasteiger partial charge >= 0.3 is 6.09 Å². The van der Waals surface area contributed by atoms with Crippen LogP contribution in [0, 0.1) is 5.92 Å². The van der Waals surface area contributed by atoms with E-state index in [0.29, 0.717) is 12.0 Å². The second-order valence-corrected chi connectivity index (χ2v) is 3.75. The predicted molar refractivity (Wildman–Crippen MR) is 47.0 cm³/mol. The van der Waals surface area contributed by atoms with Crippen molar-refractivity contribution in [1.82, 2.24) is 4.90 Å². The summed E-state index contributed by atoms with van der Waals surface area (Å²) in [6, 6.07) is 0.458. The highest BCUT2D eigenvalue weighted by molar-refractivity contribution is 5.68. The summed E-state index contributed by atoms with van der Waals surface area (Å²) in [6.07, 6.45) is 2.11.